The summed E-state index contributed by atoms with van der Waals surface area (Å²) in [6, 6.07) is 45.8. The number of nitro groups is 1. The van der Waals surface area contributed by atoms with Crippen molar-refractivity contribution in [3.63, 3.8) is 0 Å². The number of carbonyl (C=O) groups excluding carboxylic acids is 4. The van der Waals surface area contributed by atoms with E-state index in [1.807, 2.05) is 84.1 Å². The minimum Gasteiger partial charge on any atom is -0.460 e. The summed E-state index contributed by atoms with van der Waals surface area (Å²) in [5, 5.41) is 18.7. The summed E-state index contributed by atoms with van der Waals surface area (Å²) in [5.74, 6) is -4.40. The zero-order valence-corrected chi connectivity index (χ0v) is 76.4. The number of H-pyrrole nitrogens is 1. The van der Waals surface area contributed by atoms with Crippen LogP contribution in [0, 0.1) is 45.1 Å². The molecule has 125 heavy (non-hydrogen) atoms. The number of esters is 1. The summed E-state index contributed by atoms with van der Waals surface area (Å²) in [7, 11) is -10.9. The van der Waals surface area contributed by atoms with Gasteiger partial charge in [-0.15, -0.1) is 0 Å². The summed E-state index contributed by atoms with van der Waals surface area (Å²) >= 11 is 0. The van der Waals surface area contributed by atoms with E-state index in [0.717, 1.165) is 102 Å². The van der Waals surface area contributed by atoms with Crippen molar-refractivity contribution in [1.82, 2.24) is 10.3 Å². The van der Waals surface area contributed by atoms with Crippen LogP contribution in [-0.4, -0.2) is 76.3 Å². The molecule has 10 N–H and O–H groups in total. The van der Waals surface area contributed by atoms with Crippen LogP contribution in [0.25, 0.3) is 10.9 Å². The number of anilines is 5. The topological polar surface area (TPSA) is 362 Å². The molecule has 0 aliphatic heterocycles. The SMILES string of the molecule is CC(C)(C)OC(=O)Cc1ccc(N)cc1F.CC(C)(C)OC(=O)Nc1ccc(CS(=O)(=O)c2ccc(C(C)(C)C)cc2)cc1F.CC(C)(C)c1ccc(S(=O)(=O)Cc2ccc(N)c(F)c2)cc1.CCCCC(CC)CCC(=O)[C@@H](Cc1c[nH]c2ccccc12)NC(=O)Nc1ccc(CS(=O)(=O)c2ccc(C(C)(C)C)cc2)cc1F.Nc1ccc([N+](=O)[O-])cc1F. The van der Waals surface area contributed by atoms with E-state index in [0.29, 0.717) is 29.2 Å². The number of halogens is 5. The predicted molar refractivity (Wildman–Crippen MR) is 485 cm³/mol. The van der Waals surface area contributed by atoms with Gasteiger partial charge < -0.3 is 42.3 Å². The highest BCUT2D eigenvalue weighted by atomic mass is 32.2. The number of aromatic amines is 1. The van der Waals surface area contributed by atoms with Gasteiger partial charge in [0.1, 0.15) is 34.5 Å². The molecule has 1 heterocycles. The van der Waals surface area contributed by atoms with Gasteiger partial charge in [0.15, 0.2) is 41.1 Å². The Bertz CT molecular complexity index is 5740. The number of carbonyl (C=O) groups is 4. The standard InChI is InChI=1S/C38H48FN3O4S.C22H28FNO4S.C17H20FNO2S.C12H16FNO2.C6H5FN2O2/c1-6-8-11-26(7-2)15-21-36(43)35(23-28-24-40-33-13-10-9-12-31(28)33)42-37(44)41-34-20-14-27(22-32(34)39)25-47(45,46)30-18-16-29(17-19-30)38(3,4)5;1-21(2,3)16-8-10-17(11-9-16)29(26,27)14-15-7-12-19(18(23)13-15)24-20(25)28-22(4,5)6;1-17(2,3)13-5-7-14(8-6-13)22(20,21)11-12-4-9-16(19)15(18)10-12;1-12(2,3)16-11(15)6-8-4-5-9(14)7-10(8)13;7-5-3-4(9(10)11)1-2-6(5)8/h9-10,12-14,16-20,22,24,26,35,40H,6-8,11,15,21,23,25H2,1-5H3,(H2,41,42,44);7-13H,14H2,1-6H3,(H,24,25);4-10H,11,19H2,1-3H3;4-5,7H,6,14H2,1-3H3;1-3H,8H2/t26?,35-;;;;/m1..../s1. The number of nitrogens with zero attached hydrogens (tertiary/aromatic N) is 1. The highest BCUT2D eigenvalue weighted by molar-refractivity contribution is 7.91. The molecule has 1 unspecified atom stereocenters. The number of non-ortho nitro benzene ring substituents is 1. The number of urea groups is 1. The number of nitrogens with two attached hydrogens (primary N) is 3. The first kappa shape index (κ1) is 102. The van der Waals surface area contributed by atoms with Crippen LogP contribution >= 0.6 is 0 Å². The molecule has 2 atom stereocenters. The van der Waals surface area contributed by atoms with Crippen LogP contribution in [0.15, 0.2) is 209 Å². The molecular weight excluding hydrogens is 1670 g/mol. The van der Waals surface area contributed by atoms with Gasteiger partial charge in [-0.1, -0.05) is 181 Å². The van der Waals surface area contributed by atoms with Gasteiger partial charge in [-0.2, -0.15) is 0 Å². The molecular formula is C95H117F5N8O14S3. The van der Waals surface area contributed by atoms with Gasteiger partial charge in [0.2, 0.25) is 0 Å². The Morgan fingerprint density at radius 1 is 0.488 bits per heavy atom. The lowest BCUT2D eigenvalue weighted by Crippen LogP contribution is -2.44. The maximum absolute atomic E-state index is 15.2. The molecule has 674 valence electrons. The highest BCUT2D eigenvalue weighted by Gasteiger charge is 2.28. The van der Waals surface area contributed by atoms with Crippen molar-refractivity contribution < 1.29 is 80.8 Å². The second kappa shape index (κ2) is 43.9. The van der Waals surface area contributed by atoms with Crippen molar-refractivity contribution in [2.45, 2.75) is 235 Å². The number of ketones is 1. The minimum atomic E-state index is -3.72. The lowest BCUT2D eigenvalue weighted by atomic mass is 9.87. The Morgan fingerprint density at radius 2 is 0.920 bits per heavy atom. The predicted octanol–water partition coefficient (Wildman–Crippen LogP) is 21.6. The molecule has 3 amide bonds. The number of para-hydroxylation sites is 1. The minimum absolute atomic E-state index is 0.00989. The van der Waals surface area contributed by atoms with Gasteiger partial charge in [0, 0.05) is 41.7 Å². The van der Waals surface area contributed by atoms with E-state index in [4.69, 9.17) is 26.7 Å². The largest absolute Gasteiger partial charge is 0.460 e. The Hall–Kier alpha value is -11.5. The number of fused-ring (bicyclic) bond motifs is 1. The number of amides is 3. The van der Waals surface area contributed by atoms with E-state index < -0.39 is 98.9 Å². The van der Waals surface area contributed by atoms with Crippen LogP contribution in [0.5, 0.6) is 0 Å². The van der Waals surface area contributed by atoms with Crippen LogP contribution in [0.4, 0.5) is 65.7 Å². The second-order valence-corrected chi connectivity index (χ2v) is 41.4. The van der Waals surface area contributed by atoms with Gasteiger partial charge in [-0.3, -0.25) is 25.0 Å². The first-order chi connectivity index (χ1) is 58.0. The quantitative estimate of drug-likeness (QED) is 0.00919. The first-order valence-electron chi connectivity index (χ1n) is 40.7. The Morgan fingerprint density at radius 3 is 1.33 bits per heavy atom. The third-order valence-electron chi connectivity index (χ3n) is 19.5. The van der Waals surface area contributed by atoms with Crippen molar-refractivity contribution >= 4 is 98.4 Å². The molecule has 22 nitrogen and oxygen atoms in total. The number of aromatic nitrogens is 1. The third kappa shape index (κ3) is 33.2. The highest BCUT2D eigenvalue weighted by Crippen LogP contribution is 2.32. The maximum atomic E-state index is 15.2. The molecule has 0 saturated carbocycles. The van der Waals surface area contributed by atoms with Crippen LogP contribution in [0.3, 0.4) is 0 Å². The number of hydrogen-bond donors (Lipinski definition) is 7. The normalized spacial score (nSPS) is 12.4. The molecule has 1 aromatic heterocycles. The summed E-state index contributed by atoms with van der Waals surface area (Å²) in [6.45, 7) is 33.2. The number of ether oxygens (including phenoxy) is 2. The number of sulfone groups is 3. The van der Waals surface area contributed by atoms with Crippen molar-refractivity contribution in [3.8, 4) is 0 Å². The Labute approximate surface area is 731 Å². The van der Waals surface area contributed by atoms with Gasteiger partial charge in [0.05, 0.1) is 78.1 Å². The van der Waals surface area contributed by atoms with E-state index in [2.05, 4.69) is 55.6 Å². The smallest absolute Gasteiger partial charge is 0.412 e. The van der Waals surface area contributed by atoms with Crippen LogP contribution in [0.2, 0.25) is 0 Å². The van der Waals surface area contributed by atoms with Crippen LogP contribution in [0.1, 0.15) is 201 Å². The maximum Gasteiger partial charge on any atom is 0.412 e. The number of nitrogens with one attached hydrogen (secondary N) is 4. The zero-order valence-electron chi connectivity index (χ0n) is 73.9. The molecule has 0 aliphatic rings. The van der Waals surface area contributed by atoms with E-state index >= 15 is 4.39 Å². The fraction of sp³-hybridized carbons (Fsp3) is 0.368. The number of Topliss-reactive ketones (excluding diaryl/α,β-unsaturated/α-hetero) is 1. The molecule has 0 radical (unpaired) electrons. The van der Waals surface area contributed by atoms with Gasteiger partial charge in [-0.05, 0) is 212 Å². The van der Waals surface area contributed by atoms with Gasteiger partial charge in [-0.25, -0.2) is 56.8 Å². The molecule has 0 saturated heterocycles. The molecule has 10 aromatic rings. The average molecular weight is 1790 g/mol. The number of hydrogen-bond acceptors (Lipinski definition) is 17. The first-order valence-corrected chi connectivity index (χ1v) is 45.6. The summed E-state index contributed by atoms with van der Waals surface area (Å²) in [4.78, 5) is 63.1. The summed E-state index contributed by atoms with van der Waals surface area (Å²) in [5.41, 5.74) is 20.3. The molecule has 0 aliphatic carbocycles. The molecule has 9 aromatic carbocycles. The van der Waals surface area contributed by atoms with Crippen LogP contribution in [-0.2, 0) is 94.9 Å². The van der Waals surface area contributed by atoms with E-state index in [-0.39, 0.29) is 106 Å². The zero-order chi connectivity index (χ0) is 93.5. The van der Waals surface area contributed by atoms with Crippen molar-refractivity contribution in [1.29, 1.82) is 0 Å². The van der Waals surface area contributed by atoms with Gasteiger partial charge in [0.25, 0.3) is 5.69 Å². The number of benzene rings is 9. The van der Waals surface area contributed by atoms with Crippen molar-refractivity contribution in [2.75, 3.05) is 27.8 Å². The second-order valence-electron chi connectivity index (χ2n) is 35.4. The number of nitro benzene ring substituents is 1. The Balaban J connectivity index is 0.000000264. The van der Waals surface area contributed by atoms with E-state index in [1.165, 1.54) is 48.5 Å². The van der Waals surface area contributed by atoms with E-state index in [9.17, 15) is 72.1 Å². The fourth-order valence-corrected chi connectivity index (χ4v) is 16.5. The molecule has 30 heteroatoms. The summed E-state index contributed by atoms with van der Waals surface area (Å²) < 4.78 is 155. The molecule has 0 spiro atoms. The van der Waals surface area contributed by atoms with Crippen molar-refractivity contribution in [2.24, 2.45) is 5.92 Å². The number of unbranched alkanes of at least 4 members (excludes halogenated alkanes) is 1. The van der Waals surface area contributed by atoms with Gasteiger partial charge >= 0.3 is 18.1 Å². The molecule has 10 rings (SSSR count). The number of rotatable bonds is 25. The lowest BCUT2D eigenvalue weighted by molar-refractivity contribution is -0.385. The lowest BCUT2D eigenvalue weighted by Gasteiger charge is -2.20. The van der Waals surface area contributed by atoms with Crippen LogP contribution < -0.4 is 33.2 Å². The van der Waals surface area contributed by atoms with Crippen molar-refractivity contribution in [3.05, 3.63) is 278 Å². The Kier molecular flexibility index (Phi) is 35.9. The fourth-order valence-electron chi connectivity index (χ4n) is 12.5. The monoisotopic (exact) mass is 1780 g/mol. The van der Waals surface area contributed by atoms with E-state index in [1.54, 1.807) is 108 Å². The number of nitrogen functional groups attached to an aromatic ring is 3. The molecule has 0 fully saturated rings. The molecule has 0 bridgehead atoms. The summed E-state index contributed by atoms with van der Waals surface area (Å²) in [6.07, 6.45) is 6.66. The average Bonchev–Trinajstić information content (AvgIpc) is 1.23. The third-order valence-corrected chi connectivity index (χ3v) is 24.6.